The van der Waals surface area contributed by atoms with Crippen molar-refractivity contribution < 1.29 is 24.1 Å². The minimum Gasteiger partial charge on any atom is -0.397 e. The molecule has 6 rings (SSSR count). The van der Waals surface area contributed by atoms with Crippen LogP contribution in [0.5, 0.6) is 0 Å². The predicted molar refractivity (Wildman–Crippen MR) is 172 cm³/mol. The summed E-state index contributed by atoms with van der Waals surface area (Å²) in [6, 6.07) is 7.82. The molecule has 242 valence electrons. The van der Waals surface area contributed by atoms with Crippen molar-refractivity contribution in [1.82, 2.24) is 19.1 Å². The Morgan fingerprint density at radius 3 is 1.63 bits per heavy atom. The molecule has 2 heterocycles. The van der Waals surface area contributed by atoms with Gasteiger partial charge in [-0.05, 0) is 44.9 Å². The first-order valence-electron chi connectivity index (χ1n) is 13.9. The molecule has 0 spiro atoms. The Morgan fingerprint density at radius 1 is 0.739 bits per heavy atom. The molecule has 2 fully saturated rings. The van der Waals surface area contributed by atoms with Crippen LogP contribution in [0, 0.1) is 24.0 Å². The third-order valence-electron chi connectivity index (χ3n) is 7.92. The highest BCUT2D eigenvalue weighted by atomic mass is 16.6. The second-order valence-corrected chi connectivity index (χ2v) is 10.8. The van der Waals surface area contributed by atoms with E-state index in [1.807, 2.05) is 0 Å². The summed E-state index contributed by atoms with van der Waals surface area (Å²) in [4.78, 5) is 91.3. The number of nitrogen functional groups attached to an aromatic ring is 1. The number of carbonyl (C=O) groups is 4. The highest BCUT2D eigenvalue weighted by molar-refractivity contribution is 6.04. The van der Waals surface area contributed by atoms with Gasteiger partial charge in [-0.3, -0.25) is 48.0 Å². The van der Waals surface area contributed by atoms with Crippen molar-refractivity contribution in [2.45, 2.75) is 79.3 Å². The van der Waals surface area contributed by atoms with Crippen LogP contribution < -0.4 is 16.9 Å². The first-order chi connectivity index (χ1) is 20.9. The van der Waals surface area contributed by atoms with Gasteiger partial charge in [0.05, 0.1) is 46.3 Å². The molecule has 2 atom stereocenters. The van der Waals surface area contributed by atoms with Gasteiger partial charge < -0.3 is 5.73 Å². The largest absolute Gasteiger partial charge is 0.397 e. The maximum atomic E-state index is 12.7. The van der Waals surface area contributed by atoms with E-state index in [9.17, 15) is 38.9 Å². The molecular formula is C32H36N6O8. The number of nitro groups is 1. The second-order valence-electron chi connectivity index (χ2n) is 10.8. The van der Waals surface area contributed by atoms with E-state index in [0.29, 0.717) is 35.3 Å². The van der Waals surface area contributed by atoms with Crippen molar-refractivity contribution in [2.75, 3.05) is 5.73 Å². The molecule has 2 aliphatic carbocycles. The number of hydrogen-bond donors (Lipinski definition) is 1. The lowest BCUT2D eigenvalue weighted by Crippen LogP contribution is -2.36. The Labute approximate surface area is 263 Å². The van der Waals surface area contributed by atoms with E-state index < -0.39 is 22.6 Å². The molecule has 0 amide bonds. The van der Waals surface area contributed by atoms with E-state index in [1.54, 1.807) is 25.1 Å². The Balaban J connectivity index is 0.000000241. The molecule has 0 radical (unpaired) electrons. The van der Waals surface area contributed by atoms with Crippen molar-refractivity contribution in [1.29, 1.82) is 0 Å². The van der Waals surface area contributed by atoms with Crippen molar-refractivity contribution >= 4 is 56.3 Å². The fourth-order valence-electron chi connectivity index (χ4n) is 5.81. The molecule has 2 unspecified atom stereocenters. The van der Waals surface area contributed by atoms with Crippen LogP contribution in [0.4, 0.5) is 11.4 Å². The van der Waals surface area contributed by atoms with Crippen LogP contribution >= 0.6 is 0 Å². The molecule has 14 nitrogen and oxygen atoms in total. The quantitative estimate of drug-likeness (QED) is 0.148. The summed E-state index contributed by atoms with van der Waals surface area (Å²) in [5.41, 5.74) is 5.72. The fourth-order valence-corrected chi connectivity index (χ4v) is 5.81. The van der Waals surface area contributed by atoms with Gasteiger partial charge in [0.2, 0.25) is 0 Å². The van der Waals surface area contributed by atoms with Crippen molar-refractivity contribution in [3.63, 3.8) is 0 Å². The molecular weight excluding hydrogens is 596 g/mol. The lowest BCUT2D eigenvalue weighted by Gasteiger charge is -2.24. The normalized spacial score (nSPS) is 18.0. The Kier molecular flexibility index (Phi) is 10.5. The van der Waals surface area contributed by atoms with Crippen LogP contribution in [0.15, 0.2) is 46.0 Å². The number of nitro benzene ring substituents is 1. The molecule has 2 N–H and O–H groups in total. The molecule has 46 heavy (non-hydrogen) atoms. The van der Waals surface area contributed by atoms with Gasteiger partial charge >= 0.3 is 0 Å². The van der Waals surface area contributed by atoms with Crippen LogP contribution in [-0.2, 0) is 19.2 Å². The Hall–Kier alpha value is -5.40. The monoisotopic (exact) mass is 632 g/mol. The molecule has 0 bridgehead atoms. The number of non-ortho nitro benzene ring substituents is 1. The van der Waals surface area contributed by atoms with Gasteiger partial charge in [0.1, 0.15) is 28.7 Å². The summed E-state index contributed by atoms with van der Waals surface area (Å²) >= 11 is 0. The van der Waals surface area contributed by atoms with E-state index in [0.717, 1.165) is 0 Å². The molecule has 14 heteroatoms. The zero-order chi connectivity index (χ0) is 31.9. The number of rotatable bonds is 3. The second kappa shape index (κ2) is 13.7. The topological polar surface area (TPSA) is 207 Å². The van der Waals surface area contributed by atoms with Crippen LogP contribution in [0.3, 0.4) is 0 Å². The smallest absolute Gasteiger partial charge is 0.295 e. The molecule has 0 saturated heterocycles. The lowest BCUT2D eigenvalue weighted by atomic mass is 9.92. The molecule has 2 aromatic carbocycles. The zero-order valence-corrected chi connectivity index (χ0v) is 23.9. The molecule has 2 aromatic heterocycles. The van der Waals surface area contributed by atoms with Crippen LogP contribution in [0.25, 0.3) is 21.8 Å². The zero-order valence-electron chi connectivity index (χ0n) is 23.9. The standard InChI is InChI=1S/C15H13N3O5.C15H15N3O3.2CH4/c1-8-16-14-10(3-2-4-12(14)18(22)23)15(21)17(8)11-6-5-9(19)7-13(11)20;1-8-17-14-10(3-2-4-11(14)16)15(21)18(8)12-6-5-9(19)7-13(12)20;;/h2-4,11H,5-7H2,1H3;2-4,12H,5-7,16H2,1H3;2*1H4. The summed E-state index contributed by atoms with van der Waals surface area (Å²) in [5, 5.41) is 11.6. The number of para-hydroxylation sites is 2. The summed E-state index contributed by atoms with van der Waals surface area (Å²) in [6.07, 6.45) is 0.857. The summed E-state index contributed by atoms with van der Waals surface area (Å²) in [7, 11) is 0. The SMILES string of the molecule is C.C.Cc1nc2c(N)cccc2c(=O)n1C1CCC(=O)CC1=O.Cc1nc2c([N+](=O)[O-])cccc2c(=O)n1C1CCC(=O)CC1=O. The van der Waals surface area contributed by atoms with Crippen molar-refractivity contribution in [2.24, 2.45) is 0 Å². The van der Waals surface area contributed by atoms with Gasteiger partial charge in [-0.15, -0.1) is 0 Å². The van der Waals surface area contributed by atoms with E-state index in [-0.39, 0.29) is 91.6 Å². The first kappa shape index (κ1) is 35.1. The average Bonchev–Trinajstić information content (AvgIpc) is 2.96. The van der Waals surface area contributed by atoms with E-state index >= 15 is 0 Å². The number of nitrogens with two attached hydrogens (primary N) is 1. The third kappa shape index (κ3) is 6.36. The maximum Gasteiger partial charge on any atom is 0.295 e. The number of nitrogens with zero attached hydrogens (tertiary/aromatic N) is 5. The average molecular weight is 633 g/mol. The van der Waals surface area contributed by atoms with Crippen LogP contribution in [0.1, 0.15) is 77.1 Å². The molecule has 2 saturated carbocycles. The number of ketones is 4. The highest BCUT2D eigenvalue weighted by Crippen LogP contribution is 2.27. The van der Waals surface area contributed by atoms with Crippen LogP contribution in [-0.4, -0.2) is 47.2 Å². The number of benzene rings is 2. The van der Waals surface area contributed by atoms with E-state index in [4.69, 9.17) is 5.73 Å². The first-order valence-corrected chi connectivity index (χ1v) is 13.9. The minimum absolute atomic E-state index is 0. The number of hydrogen-bond acceptors (Lipinski definition) is 11. The number of anilines is 1. The third-order valence-corrected chi connectivity index (χ3v) is 7.92. The van der Waals surface area contributed by atoms with Gasteiger partial charge in [0.25, 0.3) is 16.8 Å². The van der Waals surface area contributed by atoms with Gasteiger partial charge in [-0.25, -0.2) is 9.97 Å². The Bertz CT molecular complexity index is 2030. The maximum absolute atomic E-state index is 12.7. The van der Waals surface area contributed by atoms with Gasteiger partial charge in [-0.2, -0.15) is 0 Å². The molecule has 0 aliphatic heterocycles. The van der Waals surface area contributed by atoms with Crippen molar-refractivity contribution in [3.8, 4) is 0 Å². The Morgan fingerprint density at radius 2 is 1.17 bits per heavy atom. The highest BCUT2D eigenvalue weighted by Gasteiger charge is 2.32. The van der Waals surface area contributed by atoms with E-state index in [1.165, 1.54) is 34.3 Å². The molecule has 4 aromatic rings. The number of aromatic nitrogens is 4. The number of fused-ring (bicyclic) bond motifs is 2. The number of Topliss-reactive ketones (excluding diaryl/α,β-unsaturated/α-hetero) is 4. The lowest BCUT2D eigenvalue weighted by molar-refractivity contribution is -0.383. The fraction of sp³-hybridized carbons (Fsp3) is 0.375. The number of carbonyl (C=O) groups excluding carboxylic acids is 4. The summed E-state index contributed by atoms with van der Waals surface area (Å²) in [5.74, 6) is -0.0802. The summed E-state index contributed by atoms with van der Waals surface area (Å²) in [6.45, 7) is 3.21. The van der Waals surface area contributed by atoms with Crippen molar-refractivity contribution in [3.05, 3.63) is 78.9 Å². The van der Waals surface area contributed by atoms with Gasteiger partial charge in [0, 0.05) is 18.9 Å². The minimum atomic E-state index is -0.739. The van der Waals surface area contributed by atoms with E-state index in [2.05, 4.69) is 9.97 Å². The van der Waals surface area contributed by atoms with Gasteiger partial charge in [-0.1, -0.05) is 27.0 Å². The number of aryl methyl sites for hydroxylation is 2. The van der Waals surface area contributed by atoms with Crippen LogP contribution in [0.2, 0.25) is 0 Å². The van der Waals surface area contributed by atoms with Gasteiger partial charge in [0.15, 0.2) is 17.1 Å². The predicted octanol–water partition coefficient (Wildman–Crippen LogP) is 3.90. The molecule has 2 aliphatic rings. The summed E-state index contributed by atoms with van der Waals surface area (Å²) < 4.78 is 2.65.